The SMILES string of the molecule is Cc1ccc(S(=O)(=O)c2nc(-c3ccc(Cl)cc3)oc2N2CCN(Cc3ccccc3)CC2)cc1. The molecule has 4 aromatic rings. The number of sulfone groups is 1. The van der Waals surface area contributed by atoms with Gasteiger partial charge in [0.05, 0.1) is 4.90 Å². The molecule has 1 saturated heterocycles. The first-order valence-electron chi connectivity index (χ1n) is 11.5. The largest absolute Gasteiger partial charge is 0.419 e. The van der Waals surface area contributed by atoms with Gasteiger partial charge < -0.3 is 9.32 Å². The molecular formula is C27H26ClN3O3S. The number of benzene rings is 3. The Hall–Kier alpha value is -3.13. The zero-order valence-electron chi connectivity index (χ0n) is 19.4. The molecule has 0 radical (unpaired) electrons. The molecule has 5 rings (SSSR count). The van der Waals surface area contributed by atoms with E-state index in [0.717, 1.165) is 25.2 Å². The summed E-state index contributed by atoms with van der Waals surface area (Å²) in [5.41, 5.74) is 2.91. The van der Waals surface area contributed by atoms with Crippen molar-refractivity contribution >= 4 is 27.3 Å². The third-order valence-corrected chi connectivity index (χ3v) is 8.08. The fraction of sp³-hybridized carbons (Fsp3) is 0.222. The third-order valence-electron chi connectivity index (χ3n) is 6.16. The Kier molecular flexibility index (Phi) is 6.65. The molecule has 1 aliphatic rings. The van der Waals surface area contributed by atoms with Crippen molar-refractivity contribution in [2.24, 2.45) is 0 Å². The van der Waals surface area contributed by atoms with Crippen LogP contribution in [0.1, 0.15) is 11.1 Å². The van der Waals surface area contributed by atoms with Crippen molar-refractivity contribution in [1.82, 2.24) is 9.88 Å². The Labute approximate surface area is 210 Å². The molecule has 3 aromatic carbocycles. The van der Waals surface area contributed by atoms with Crippen molar-refractivity contribution in [3.63, 3.8) is 0 Å². The molecule has 0 spiro atoms. The van der Waals surface area contributed by atoms with Gasteiger partial charge in [-0.1, -0.05) is 59.6 Å². The minimum absolute atomic E-state index is 0.0530. The smallest absolute Gasteiger partial charge is 0.236 e. The maximum Gasteiger partial charge on any atom is 0.236 e. The standard InChI is InChI=1S/C27H26ClN3O3S/c1-20-7-13-24(14-8-20)35(32,33)26-27(34-25(29-26)22-9-11-23(28)12-10-22)31-17-15-30(16-18-31)19-21-5-3-2-4-6-21/h2-14H,15-19H2,1H3. The molecule has 0 amide bonds. The van der Waals surface area contributed by atoms with Crippen molar-refractivity contribution in [2.75, 3.05) is 31.1 Å². The third kappa shape index (κ3) is 5.12. The Balaban J connectivity index is 1.46. The fourth-order valence-electron chi connectivity index (χ4n) is 4.17. The number of halogens is 1. The monoisotopic (exact) mass is 507 g/mol. The van der Waals surface area contributed by atoms with E-state index < -0.39 is 9.84 Å². The number of aromatic nitrogens is 1. The van der Waals surface area contributed by atoms with E-state index in [1.165, 1.54) is 5.56 Å². The van der Waals surface area contributed by atoms with Crippen molar-refractivity contribution < 1.29 is 12.8 Å². The molecule has 1 aliphatic heterocycles. The summed E-state index contributed by atoms with van der Waals surface area (Å²) in [5.74, 6) is 0.545. The average Bonchev–Trinajstić information content (AvgIpc) is 3.32. The normalized spacial score (nSPS) is 14.9. The van der Waals surface area contributed by atoms with Crippen molar-refractivity contribution in [3.05, 3.63) is 95.0 Å². The molecule has 8 heteroatoms. The van der Waals surface area contributed by atoms with Crippen LogP contribution < -0.4 is 4.90 Å². The van der Waals surface area contributed by atoms with Crippen LogP contribution in [-0.2, 0) is 16.4 Å². The quantitative estimate of drug-likeness (QED) is 0.345. The minimum Gasteiger partial charge on any atom is -0.419 e. The Morgan fingerprint density at radius 1 is 0.886 bits per heavy atom. The first-order valence-corrected chi connectivity index (χ1v) is 13.4. The van der Waals surface area contributed by atoms with E-state index in [0.29, 0.717) is 23.7 Å². The topological polar surface area (TPSA) is 66.7 Å². The number of anilines is 1. The van der Waals surface area contributed by atoms with E-state index in [1.54, 1.807) is 48.5 Å². The van der Waals surface area contributed by atoms with Gasteiger partial charge in [-0.3, -0.25) is 4.90 Å². The van der Waals surface area contributed by atoms with Gasteiger partial charge in [-0.25, -0.2) is 8.42 Å². The first-order chi connectivity index (χ1) is 16.9. The van der Waals surface area contributed by atoms with Gasteiger partial charge in [-0.15, -0.1) is 0 Å². The highest BCUT2D eigenvalue weighted by Gasteiger charge is 2.32. The van der Waals surface area contributed by atoms with E-state index >= 15 is 0 Å². The molecule has 180 valence electrons. The molecule has 1 aromatic heterocycles. The summed E-state index contributed by atoms with van der Waals surface area (Å²) < 4.78 is 33.4. The first kappa shape index (κ1) is 23.6. The minimum atomic E-state index is -3.88. The van der Waals surface area contributed by atoms with Crippen LogP contribution in [0.25, 0.3) is 11.5 Å². The predicted molar refractivity (Wildman–Crippen MR) is 138 cm³/mol. The lowest BCUT2D eigenvalue weighted by Gasteiger charge is -2.34. The van der Waals surface area contributed by atoms with Crippen LogP contribution in [0, 0.1) is 6.92 Å². The molecule has 0 unspecified atom stereocenters. The molecule has 0 bridgehead atoms. The second-order valence-corrected chi connectivity index (χ2v) is 11.0. The molecule has 1 fully saturated rings. The second-order valence-electron chi connectivity index (χ2n) is 8.70. The molecule has 0 aliphatic carbocycles. The Morgan fingerprint density at radius 2 is 1.54 bits per heavy atom. The zero-order chi connectivity index (χ0) is 24.4. The lowest BCUT2D eigenvalue weighted by atomic mass is 10.2. The predicted octanol–water partition coefficient (Wildman–Crippen LogP) is 5.46. The highest BCUT2D eigenvalue weighted by molar-refractivity contribution is 7.91. The summed E-state index contributed by atoms with van der Waals surface area (Å²) in [6.07, 6.45) is 0. The van der Waals surface area contributed by atoms with Gasteiger partial charge >= 0.3 is 0 Å². The maximum atomic E-state index is 13.6. The molecule has 6 nitrogen and oxygen atoms in total. The molecular weight excluding hydrogens is 482 g/mol. The van der Waals surface area contributed by atoms with Gasteiger partial charge in [0.1, 0.15) is 0 Å². The number of rotatable bonds is 6. The summed E-state index contributed by atoms with van der Waals surface area (Å²) in [6.45, 7) is 5.63. The van der Waals surface area contributed by atoms with Crippen LogP contribution in [0.3, 0.4) is 0 Å². The molecule has 0 atom stereocenters. The highest BCUT2D eigenvalue weighted by atomic mass is 35.5. The second kappa shape index (κ2) is 9.85. The Bertz CT molecular complexity index is 1390. The van der Waals surface area contributed by atoms with Crippen molar-refractivity contribution in [3.8, 4) is 11.5 Å². The number of nitrogens with zero attached hydrogens (tertiary/aromatic N) is 3. The van der Waals surface area contributed by atoms with Gasteiger partial charge in [-0.05, 0) is 48.9 Å². The van der Waals surface area contributed by atoms with Gasteiger partial charge in [0.2, 0.25) is 26.6 Å². The van der Waals surface area contributed by atoms with Crippen molar-refractivity contribution in [1.29, 1.82) is 0 Å². The maximum absolute atomic E-state index is 13.6. The van der Waals surface area contributed by atoms with Crippen LogP contribution in [0.2, 0.25) is 5.02 Å². The number of piperazine rings is 1. The number of hydrogen-bond acceptors (Lipinski definition) is 6. The molecule has 0 N–H and O–H groups in total. The molecule has 2 heterocycles. The van der Waals surface area contributed by atoms with Crippen LogP contribution in [0.15, 0.2) is 93.2 Å². The van der Waals surface area contributed by atoms with Gasteiger partial charge in [-0.2, -0.15) is 4.98 Å². The lowest BCUT2D eigenvalue weighted by molar-refractivity contribution is 0.245. The summed E-state index contributed by atoms with van der Waals surface area (Å²) in [5, 5.41) is 0.533. The van der Waals surface area contributed by atoms with Crippen LogP contribution >= 0.6 is 11.6 Å². The van der Waals surface area contributed by atoms with E-state index in [9.17, 15) is 8.42 Å². The van der Waals surface area contributed by atoms with Gasteiger partial charge in [0, 0.05) is 43.3 Å². The number of aryl methyl sites for hydroxylation is 1. The van der Waals surface area contributed by atoms with E-state index in [2.05, 4.69) is 22.0 Å². The van der Waals surface area contributed by atoms with Gasteiger partial charge in [0.25, 0.3) is 0 Å². The molecule has 0 saturated carbocycles. The summed E-state index contributed by atoms with van der Waals surface area (Å²) in [4.78, 5) is 9.03. The van der Waals surface area contributed by atoms with Crippen LogP contribution in [-0.4, -0.2) is 44.5 Å². The number of hydrogen-bond donors (Lipinski definition) is 0. The Morgan fingerprint density at radius 3 is 2.20 bits per heavy atom. The average molecular weight is 508 g/mol. The fourth-order valence-corrected chi connectivity index (χ4v) is 5.62. The zero-order valence-corrected chi connectivity index (χ0v) is 21.0. The lowest BCUT2D eigenvalue weighted by Crippen LogP contribution is -2.46. The van der Waals surface area contributed by atoms with Crippen molar-refractivity contribution in [2.45, 2.75) is 23.4 Å². The van der Waals surface area contributed by atoms with E-state index in [4.69, 9.17) is 16.0 Å². The van der Waals surface area contributed by atoms with Crippen LogP contribution in [0.4, 0.5) is 5.88 Å². The summed E-state index contributed by atoms with van der Waals surface area (Å²) in [7, 11) is -3.88. The van der Waals surface area contributed by atoms with Crippen LogP contribution in [0.5, 0.6) is 0 Å². The van der Waals surface area contributed by atoms with Gasteiger partial charge in [0.15, 0.2) is 0 Å². The van der Waals surface area contributed by atoms with E-state index in [1.807, 2.05) is 30.0 Å². The highest BCUT2D eigenvalue weighted by Crippen LogP contribution is 2.35. The van der Waals surface area contributed by atoms with E-state index in [-0.39, 0.29) is 21.7 Å². The number of oxazole rings is 1. The molecule has 35 heavy (non-hydrogen) atoms. The summed E-state index contributed by atoms with van der Waals surface area (Å²) in [6, 6.07) is 24.2. The summed E-state index contributed by atoms with van der Waals surface area (Å²) >= 11 is 6.03.